The number of hydrogen-bond acceptors (Lipinski definition) is 3. The highest BCUT2D eigenvalue weighted by Crippen LogP contribution is 2.22. The van der Waals surface area contributed by atoms with Gasteiger partial charge in [-0.15, -0.1) is 0 Å². The van der Waals surface area contributed by atoms with E-state index in [1.807, 2.05) is 41.2 Å². The summed E-state index contributed by atoms with van der Waals surface area (Å²) in [4.78, 5) is 12.0. The summed E-state index contributed by atoms with van der Waals surface area (Å²) in [5, 5.41) is 19.7. The lowest BCUT2D eigenvalue weighted by molar-refractivity contribution is 0.0696. The molecule has 0 amide bonds. The number of carboxylic acid groups (broad SMARTS) is 1. The van der Waals surface area contributed by atoms with E-state index in [4.69, 9.17) is 10.4 Å². The first-order chi connectivity index (χ1) is 9.17. The van der Waals surface area contributed by atoms with Crippen LogP contribution in [0.1, 0.15) is 23.0 Å². The average molecular weight is 272 g/mol. The van der Waals surface area contributed by atoms with Gasteiger partial charge in [0.1, 0.15) is 5.40 Å². The molecular weight excluding hydrogens is 260 g/mol. The second kappa shape index (κ2) is 5.63. The molecule has 0 atom stereocenters. The molecule has 0 spiro atoms. The summed E-state index contributed by atoms with van der Waals surface area (Å²) in [6.07, 6.45) is 2.40. The van der Waals surface area contributed by atoms with E-state index in [0.29, 0.717) is 12.0 Å². The molecule has 0 aliphatic carbocycles. The van der Waals surface area contributed by atoms with Gasteiger partial charge in [0.05, 0.1) is 5.56 Å². The van der Waals surface area contributed by atoms with Crippen LogP contribution in [0.15, 0.2) is 41.4 Å². The molecule has 0 aliphatic heterocycles. The predicted molar refractivity (Wildman–Crippen MR) is 73.6 cm³/mol. The minimum atomic E-state index is -0.910. The lowest BCUT2D eigenvalue weighted by Crippen LogP contribution is -2.04. The summed E-state index contributed by atoms with van der Waals surface area (Å²) in [5.41, 5.74) is 2.00. The van der Waals surface area contributed by atoms with E-state index in [-0.39, 0.29) is 0 Å². The highest BCUT2D eigenvalue weighted by molar-refractivity contribution is 8.03. The number of aromatic nitrogens is 1. The zero-order valence-corrected chi connectivity index (χ0v) is 11.1. The molecule has 5 heteroatoms. The van der Waals surface area contributed by atoms with Crippen molar-refractivity contribution in [2.75, 3.05) is 0 Å². The third-order valence-electron chi connectivity index (χ3n) is 2.84. The largest absolute Gasteiger partial charge is 0.478 e. The van der Waals surface area contributed by atoms with Crippen molar-refractivity contribution in [1.29, 1.82) is 5.26 Å². The lowest BCUT2D eigenvalue weighted by atomic mass is 10.2. The minimum Gasteiger partial charge on any atom is -0.478 e. The highest BCUT2D eigenvalue weighted by atomic mass is 32.2. The van der Waals surface area contributed by atoms with Crippen molar-refractivity contribution in [3.63, 3.8) is 0 Å². The van der Waals surface area contributed by atoms with Crippen LogP contribution in [0.25, 0.3) is 5.69 Å². The van der Waals surface area contributed by atoms with E-state index in [9.17, 15) is 4.79 Å². The van der Waals surface area contributed by atoms with E-state index < -0.39 is 5.97 Å². The Balaban J connectivity index is 2.42. The maximum atomic E-state index is 11.1. The number of aromatic carboxylic acids is 1. The van der Waals surface area contributed by atoms with Gasteiger partial charge in [0.15, 0.2) is 0 Å². The van der Waals surface area contributed by atoms with Gasteiger partial charge < -0.3 is 9.67 Å². The van der Waals surface area contributed by atoms with Crippen LogP contribution < -0.4 is 0 Å². The van der Waals surface area contributed by atoms with Crippen molar-refractivity contribution in [2.24, 2.45) is 0 Å². The second-order valence-corrected chi connectivity index (χ2v) is 4.75. The topological polar surface area (TPSA) is 66.0 Å². The Labute approximate surface area is 115 Å². The van der Waals surface area contributed by atoms with Crippen LogP contribution in [0, 0.1) is 10.7 Å². The fourth-order valence-corrected chi connectivity index (χ4v) is 2.37. The van der Waals surface area contributed by atoms with Crippen molar-refractivity contribution in [1.82, 2.24) is 4.57 Å². The van der Waals surface area contributed by atoms with Crippen molar-refractivity contribution in [2.45, 2.75) is 18.2 Å². The SMILES string of the molecule is CCc1c(C(=O)O)ccn1-c1ccc(SC#N)cc1. The molecule has 4 nitrogen and oxygen atoms in total. The monoisotopic (exact) mass is 272 g/mol. The Kier molecular flexibility index (Phi) is 3.93. The first-order valence-electron chi connectivity index (χ1n) is 5.77. The van der Waals surface area contributed by atoms with Crippen LogP contribution in [0.2, 0.25) is 0 Å². The van der Waals surface area contributed by atoms with E-state index >= 15 is 0 Å². The van der Waals surface area contributed by atoms with E-state index in [1.54, 1.807) is 12.3 Å². The molecule has 1 aromatic heterocycles. The number of hydrogen-bond donors (Lipinski definition) is 1. The maximum absolute atomic E-state index is 11.1. The molecule has 0 saturated carbocycles. The third kappa shape index (κ3) is 2.64. The Morgan fingerprint density at radius 2 is 2.05 bits per heavy atom. The molecule has 1 N–H and O–H groups in total. The molecule has 2 rings (SSSR count). The van der Waals surface area contributed by atoms with Gasteiger partial charge in [-0.05, 0) is 48.5 Å². The van der Waals surface area contributed by atoms with E-state index in [2.05, 4.69) is 0 Å². The average Bonchev–Trinajstić information content (AvgIpc) is 2.84. The minimum absolute atomic E-state index is 0.331. The van der Waals surface area contributed by atoms with Crippen molar-refractivity contribution < 1.29 is 9.90 Å². The quantitative estimate of drug-likeness (QED) is 0.685. The van der Waals surface area contributed by atoms with Gasteiger partial charge in [0.25, 0.3) is 0 Å². The molecule has 0 aliphatic rings. The van der Waals surface area contributed by atoms with Crippen LogP contribution >= 0.6 is 11.8 Å². The number of nitriles is 1. The zero-order chi connectivity index (χ0) is 13.8. The fraction of sp³-hybridized carbons (Fsp3) is 0.143. The summed E-state index contributed by atoms with van der Waals surface area (Å²) in [5.74, 6) is -0.910. The van der Waals surface area contributed by atoms with Crippen molar-refractivity contribution >= 4 is 17.7 Å². The second-order valence-electron chi connectivity index (χ2n) is 3.89. The van der Waals surface area contributed by atoms with E-state index in [0.717, 1.165) is 28.0 Å². The molecule has 0 saturated heterocycles. The number of benzene rings is 1. The molecule has 1 heterocycles. The Morgan fingerprint density at radius 1 is 1.37 bits per heavy atom. The molecule has 96 valence electrons. The molecule has 0 unspecified atom stereocenters. The number of rotatable bonds is 4. The van der Waals surface area contributed by atoms with Gasteiger partial charge >= 0.3 is 5.97 Å². The summed E-state index contributed by atoms with van der Waals surface area (Å²) >= 11 is 1.10. The molecule has 0 bridgehead atoms. The summed E-state index contributed by atoms with van der Waals surface area (Å²) in [7, 11) is 0. The van der Waals surface area contributed by atoms with Crippen LogP contribution in [0.4, 0.5) is 0 Å². The fourth-order valence-electron chi connectivity index (χ4n) is 1.99. The Hall–Kier alpha value is -2.19. The smallest absolute Gasteiger partial charge is 0.337 e. The number of thioether (sulfide) groups is 1. The first-order valence-corrected chi connectivity index (χ1v) is 6.59. The standard InChI is InChI=1S/C14H12N2O2S/c1-2-13-12(14(17)18)7-8-16(13)10-3-5-11(6-4-10)19-9-15/h3-8H,2H2,1H3,(H,17,18). The molecule has 2 aromatic rings. The summed E-state index contributed by atoms with van der Waals surface area (Å²) in [6, 6.07) is 9.07. The number of thiocyanates is 1. The lowest BCUT2D eigenvalue weighted by Gasteiger charge is -2.09. The van der Waals surface area contributed by atoms with Gasteiger partial charge in [-0.1, -0.05) is 6.92 Å². The molecule has 19 heavy (non-hydrogen) atoms. The summed E-state index contributed by atoms with van der Waals surface area (Å²) in [6.45, 7) is 1.93. The van der Waals surface area contributed by atoms with Gasteiger partial charge in [-0.3, -0.25) is 0 Å². The van der Waals surface area contributed by atoms with Gasteiger partial charge in [0.2, 0.25) is 0 Å². The molecular formula is C14H12N2O2S. The first kappa shape index (κ1) is 13.2. The van der Waals surface area contributed by atoms with Crippen LogP contribution in [-0.4, -0.2) is 15.6 Å². The van der Waals surface area contributed by atoms with Crippen molar-refractivity contribution in [3.05, 3.63) is 47.8 Å². The van der Waals surface area contributed by atoms with Gasteiger partial charge in [0, 0.05) is 22.5 Å². The highest BCUT2D eigenvalue weighted by Gasteiger charge is 2.14. The Bertz CT molecular complexity index is 638. The number of carbonyl (C=O) groups is 1. The third-order valence-corrected chi connectivity index (χ3v) is 3.43. The van der Waals surface area contributed by atoms with Crippen LogP contribution in [0.5, 0.6) is 0 Å². The zero-order valence-electron chi connectivity index (χ0n) is 10.3. The van der Waals surface area contributed by atoms with Crippen LogP contribution in [-0.2, 0) is 6.42 Å². The number of nitrogens with zero attached hydrogens (tertiary/aromatic N) is 2. The maximum Gasteiger partial charge on any atom is 0.337 e. The molecule has 0 fully saturated rings. The predicted octanol–water partition coefficient (Wildman–Crippen LogP) is 3.31. The van der Waals surface area contributed by atoms with E-state index in [1.165, 1.54) is 0 Å². The van der Waals surface area contributed by atoms with Crippen molar-refractivity contribution in [3.8, 4) is 11.1 Å². The van der Waals surface area contributed by atoms with Crippen LogP contribution in [0.3, 0.4) is 0 Å². The molecule has 1 aromatic carbocycles. The Morgan fingerprint density at radius 3 is 2.58 bits per heavy atom. The normalized spacial score (nSPS) is 10.1. The van der Waals surface area contributed by atoms with Gasteiger partial charge in [-0.2, -0.15) is 5.26 Å². The number of carboxylic acids is 1. The molecule has 0 radical (unpaired) electrons. The van der Waals surface area contributed by atoms with Gasteiger partial charge in [-0.25, -0.2) is 4.79 Å². The summed E-state index contributed by atoms with van der Waals surface area (Å²) < 4.78 is 1.87.